The first kappa shape index (κ1) is 11.5. The normalized spacial score (nSPS) is 11.8. The van der Waals surface area contributed by atoms with Crippen LogP contribution in [0, 0.1) is 18.3 Å². The van der Waals surface area contributed by atoms with E-state index in [2.05, 4.69) is 11.2 Å². The summed E-state index contributed by atoms with van der Waals surface area (Å²) in [6, 6.07) is -0.972. The van der Waals surface area contributed by atoms with Gasteiger partial charge in [0.2, 0.25) is 5.91 Å². The minimum Gasteiger partial charge on any atom is -0.480 e. The molecule has 0 fully saturated rings. The Morgan fingerprint density at radius 3 is 2.38 bits per heavy atom. The highest BCUT2D eigenvalue weighted by Gasteiger charge is 2.19. The van der Waals surface area contributed by atoms with E-state index >= 15 is 0 Å². The Labute approximate surface area is 77.3 Å². The second-order valence-corrected chi connectivity index (χ2v) is 2.96. The van der Waals surface area contributed by atoms with Crippen LogP contribution in [-0.4, -0.2) is 23.0 Å². The molecule has 0 heterocycles. The van der Waals surface area contributed by atoms with Crippen LogP contribution in [0.2, 0.25) is 0 Å². The first-order valence-electron chi connectivity index (χ1n) is 3.95. The third kappa shape index (κ3) is 4.16. The van der Waals surface area contributed by atoms with Gasteiger partial charge in [-0.15, -0.1) is 12.3 Å². The van der Waals surface area contributed by atoms with Crippen molar-refractivity contribution in [1.82, 2.24) is 5.32 Å². The van der Waals surface area contributed by atoms with Crippen LogP contribution in [0.3, 0.4) is 0 Å². The lowest BCUT2D eigenvalue weighted by atomic mass is 10.1. The lowest BCUT2D eigenvalue weighted by Crippen LogP contribution is -2.42. The van der Waals surface area contributed by atoms with Crippen molar-refractivity contribution in [3.63, 3.8) is 0 Å². The molecule has 0 radical (unpaired) electrons. The van der Waals surface area contributed by atoms with Crippen LogP contribution < -0.4 is 5.32 Å². The molecule has 0 aliphatic rings. The lowest BCUT2D eigenvalue weighted by molar-refractivity contribution is -0.142. The van der Waals surface area contributed by atoms with Gasteiger partial charge in [0.25, 0.3) is 0 Å². The summed E-state index contributed by atoms with van der Waals surface area (Å²) in [6.07, 6.45) is 4.96. The van der Waals surface area contributed by atoms with Gasteiger partial charge >= 0.3 is 5.97 Å². The molecule has 0 aromatic heterocycles. The van der Waals surface area contributed by atoms with Crippen LogP contribution in [0.1, 0.15) is 20.3 Å². The molecule has 0 rings (SSSR count). The van der Waals surface area contributed by atoms with Crippen LogP contribution in [0.4, 0.5) is 0 Å². The Bertz CT molecular complexity index is 240. The van der Waals surface area contributed by atoms with E-state index in [4.69, 9.17) is 11.5 Å². The van der Waals surface area contributed by atoms with E-state index < -0.39 is 12.0 Å². The minimum atomic E-state index is -1.10. The van der Waals surface area contributed by atoms with Gasteiger partial charge in [-0.2, -0.15) is 0 Å². The van der Waals surface area contributed by atoms with Crippen molar-refractivity contribution in [3.05, 3.63) is 0 Å². The Morgan fingerprint density at radius 2 is 2.08 bits per heavy atom. The molecule has 0 saturated heterocycles. The van der Waals surface area contributed by atoms with Gasteiger partial charge in [-0.05, 0) is 0 Å². The summed E-state index contributed by atoms with van der Waals surface area (Å²) in [5, 5.41) is 11.0. The topological polar surface area (TPSA) is 66.4 Å². The van der Waals surface area contributed by atoms with Crippen LogP contribution >= 0.6 is 0 Å². The average Bonchev–Trinajstić information content (AvgIpc) is 2.03. The number of amides is 1. The number of rotatable bonds is 4. The minimum absolute atomic E-state index is 0.00773. The summed E-state index contributed by atoms with van der Waals surface area (Å²) in [6.45, 7) is 3.37. The molecule has 0 saturated carbocycles. The van der Waals surface area contributed by atoms with E-state index in [0.29, 0.717) is 0 Å². The van der Waals surface area contributed by atoms with Crippen molar-refractivity contribution in [2.75, 3.05) is 0 Å². The molecule has 1 atom stereocenters. The fraction of sp³-hybridized carbons (Fsp3) is 0.556. The molecule has 0 spiro atoms. The number of terminal acetylenes is 1. The maximum absolute atomic E-state index is 11.1. The van der Waals surface area contributed by atoms with E-state index in [1.54, 1.807) is 13.8 Å². The monoisotopic (exact) mass is 183 g/mol. The van der Waals surface area contributed by atoms with Gasteiger partial charge in [0.1, 0.15) is 6.04 Å². The third-order valence-corrected chi connectivity index (χ3v) is 1.46. The number of nitrogens with one attached hydrogen (secondary N) is 1. The van der Waals surface area contributed by atoms with Crippen LogP contribution in [0.5, 0.6) is 0 Å². The second-order valence-electron chi connectivity index (χ2n) is 2.96. The smallest absolute Gasteiger partial charge is 0.327 e. The highest BCUT2D eigenvalue weighted by atomic mass is 16.4. The zero-order valence-corrected chi connectivity index (χ0v) is 7.70. The van der Waals surface area contributed by atoms with E-state index in [1.165, 1.54) is 0 Å². The maximum atomic E-state index is 11.1. The molecule has 0 aromatic carbocycles. The number of hydrogen-bond donors (Lipinski definition) is 2. The number of carboxylic acids is 1. The Hall–Kier alpha value is -1.50. The maximum Gasteiger partial charge on any atom is 0.327 e. The van der Waals surface area contributed by atoms with Crippen molar-refractivity contribution < 1.29 is 14.7 Å². The molecule has 0 bridgehead atoms. The summed E-state index contributed by atoms with van der Waals surface area (Å²) in [5.74, 6) is 0.554. The van der Waals surface area contributed by atoms with Gasteiger partial charge in [0.05, 0.1) is 0 Å². The Morgan fingerprint density at radius 1 is 1.54 bits per heavy atom. The van der Waals surface area contributed by atoms with Gasteiger partial charge in [0, 0.05) is 12.3 Å². The van der Waals surface area contributed by atoms with Crippen molar-refractivity contribution in [2.45, 2.75) is 26.3 Å². The number of carboxylic acid groups (broad SMARTS) is 1. The molecule has 2 N–H and O–H groups in total. The van der Waals surface area contributed by atoms with E-state index in [0.717, 1.165) is 0 Å². The van der Waals surface area contributed by atoms with E-state index in [-0.39, 0.29) is 18.2 Å². The van der Waals surface area contributed by atoms with Crippen molar-refractivity contribution in [2.24, 2.45) is 5.92 Å². The molecule has 0 aliphatic carbocycles. The predicted octanol–water partition coefficient (Wildman–Crippen LogP) is 0.235. The number of aliphatic carboxylic acids is 1. The van der Waals surface area contributed by atoms with Gasteiger partial charge in [0.15, 0.2) is 0 Å². The highest BCUT2D eigenvalue weighted by Crippen LogP contribution is 1.96. The lowest BCUT2D eigenvalue weighted by Gasteiger charge is -2.13. The summed E-state index contributed by atoms with van der Waals surface area (Å²) < 4.78 is 0. The molecule has 1 amide bonds. The highest BCUT2D eigenvalue weighted by molar-refractivity contribution is 5.84. The summed E-state index contributed by atoms with van der Waals surface area (Å²) in [7, 11) is 0. The van der Waals surface area contributed by atoms with Gasteiger partial charge in [-0.3, -0.25) is 4.79 Å². The first-order chi connectivity index (χ1) is 5.99. The zero-order chi connectivity index (χ0) is 10.4. The molecule has 72 valence electrons. The summed E-state index contributed by atoms with van der Waals surface area (Å²) in [5.41, 5.74) is 0. The van der Waals surface area contributed by atoms with Crippen LogP contribution in [-0.2, 0) is 9.59 Å². The Balaban J connectivity index is 4.20. The second kappa shape index (κ2) is 5.20. The van der Waals surface area contributed by atoms with Crippen molar-refractivity contribution >= 4 is 11.9 Å². The number of carbonyl (C=O) groups is 2. The Kier molecular flexibility index (Phi) is 4.60. The third-order valence-electron chi connectivity index (χ3n) is 1.46. The van der Waals surface area contributed by atoms with Crippen LogP contribution in [0.15, 0.2) is 0 Å². The average molecular weight is 183 g/mol. The standard InChI is InChI=1S/C9H13NO3/c1-4-5-7(9(12)13)10-8(11)6(2)3/h1,6-7H,5H2,2-3H3,(H,10,11)(H,12,13). The predicted molar refractivity (Wildman–Crippen MR) is 47.9 cm³/mol. The number of carbonyl (C=O) groups excluding carboxylic acids is 1. The number of hydrogen-bond acceptors (Lipinski definition) is 2. The summed E-state index contributed by atoms with van der Waals surface area (Å²) >= 11 is 0. The molecule has 0 aromatic rings. The molecular weight excluding hydrogens is 170 g/mol. The van der Waals surface area contributed by atoms with Crippen LogP contribution in [0.25, 0.3) is 0 Å². The first-order valence-corrected chi connectivity index (χ1v) is 3.95. The van der Waals surface area contributed by atoms with Crippen molar-refractivity contribution in [1.29, 1.82) is 0 Å². The molecule has 4 nitrogen and oxygen atoms in total. The zero-order valence-electron chi connectivity index (χ0n) is 7.70. The van der Waals surface area contributed by atoms with E-state index in [9.17, 15) is 9.59 Å². The summed E-state index contributed by atoms with van der Waals surface area (Å²) in [4.78, 5) is 21.6. The van der Waals surface area contributed by atoms with Gasteiger partial charge < -0.3 is 10.4 Å². The molecule has 1 unspecified atom stereocenters. The van der Waals surface area contributed by atoms with Crippen molar-refractivity contribution in [3.8, 4) is 12.3 Å². The quantitative estimate of drug-likeness (QED) is 0.613. The fourth-order valence-electron chi connectivity index (χ4n) is 0.656. The van der Waals surface area contributed by atoms with E-state index in [1.807, 2.05) is 0 Å². The molecular formula is C9H13NO3. The van der Waals surface area contributed by atoms with Gasteiger partial charge in [-0.1, -0.05) is 13.8 Å². The molecule has 0 aliphatic heterocycles. The largest absolute Gasteiger partial charge is 0.480 e. The van der Waals surface area contributed by atoms with Gasteiger partial charge in [-0.25, -0.2) is 4.79 Å². The fourth-order valence-corrected chi connectivity index (χ4v) is 0.656. The SMILES string of the molecule is C#CCC(NC(=O)C(C)C)C(=O)O. The molecule has 13 heavy (non-hydrogen) atoms. The molecule has 4 heteroatoms.